The first-order valence-electron chi connectivity index (χ1n) is 6.86. The summed E-state index contributed by atoms with van der Waals surface area (Å²) in [5.74, 6) is 0.711. The molecule has 0 bridgehead atoms. The molecule has 1 aliphatic rings. The Morgan fingerprint density at radius 3 is 2.78 bits per heavy atom. The smallest absolute Gasteiger partial charge is 0.0503 e. The Balaban J connectivity index is 2.19. The summed E-state index contributed by atoms with van der Waals surface area (Å²) in [4.78, 5) is 0. The van der Waals surface area contributed by atoms with Gasteiger partial charge in [-0.25, -0.2) is 0 Å². The standard InChI is InChI=1S/C16H25NO/c1-16(2,3)14-10-13-7-5-6-12(8-9-18-4)15(13)17-11-14/h5-7,14,17H,8-11H2,1-4H3. The number of hydrogen-bond acceptors (Lipinski definition) is 2. The molecule has 1 atom stereocenters. The molecule has 100 valence electrons. The molecule has 0 saturated carbocycles. The van der Waals surface area contributed by atoms with Gasteiger partial charge in [-0.2, -0.15) is 0 Å². The van der Waals surface area contributed by atoms with E-state index in [-0.39, 0.29) is 0 Å². The van der Waals surface area contributed by atoms with Crippen molar-refractivity contribution in [3.05, 3.63) is 29.3 Å². The van der Waals surface area contributed by atoms with E-state index in [9.17, 15) is 0 Å². The lowest BCUT2D eigenvalue weighted by Crippen LogP contribution is -2.33. The SMILES string of the molecule is COCCc1cccc2c1NCC(C(C)(C)C)C2. The lowest BCUT2D eigenvalue weighted by atomic mass is 9.75. The minimum Gasteiger partial charge on any atom is -0.384 e. The molecule has 2 nitrogen and oxygen atoms in total. The Labute approximate surface area is 111 Å². The molecule has 1 aromatic rings. The molecule has 0 aliphatic carbocycles. The summed E-state index contributed by atoms with van der Waals surface area (Å²) in [5.41, 5.74) is 4.58. The molecule has 2 heteroatoms. The van der Waals surface area contributed by atoms with Crippen LogP contribution in [0.5, 0.6) is 0 Å². The predicted molar refractivity (Wildman–Crippen MR) is 77.2 cm³/mol. The number of fused-ring (bicyclic) bond motifs is 1. The van der Waals surface area contributed by atoms with Crippen LogP contribution in [0.15, 0.2) is 18.2 Å². The van der Waals surface area contributed by atoms with Crippen molar-refractivity contribution in [2.45, 2.75) is 33.6 Å². The highest BCUT2D eigenvalue weighted by Crippen LogP contribution is 2.36. The fourth-order valence-electron chi connectivity index (χ4n) is 2.65. The van der Waals surface area contributed by atoms with E-state index in [2.05, 4.69) is 44.3 Å². The van der Waals surface area contributed by atoms with Gasteiger partial charge in [0, 0.05) is 19.3 Å². The van der Waals surface area contributed by atoms with Crippen LogP contribution in [0, 0.1) is 11.3 Å². The largest absolute Gasteiger partial charge is 0.384 e. The second-order valence-corrected chi connectivity index (χ2v) is 6.34. The second-order valence-electron chi connectivity index (χ2n) is 6.34. The van der Waals surface area contributed by atoms with Gasteiger partial charge in [-0.05, 0) is 35.3 Å². The predicted octanol–water partition coefficient (Wildman–Crippen LogP) is 3.51. The summed E-state index contributed by atoms with van der Waals surface area (Å²) in [6, 6.07) is 6.65. The highest BCUT2D eigenvalue weighted by molar-refractivity contribution is 5.59. The summed E-state index contributed by atoms with van der Waals surface area (Å²) < 4.78 is 5.18. The van der Waals surface area contributed by atoms with E-state index in [0.29, 0.717) is 11.3 Å². The number of para-hydroxylation sites is 1. The molecule has 0 saturated heterocycles. The van der Waals surface area contributed by atoms with Gasteiger partial charge in [0.05, 0.1) is 6.61 Å². The monoisotopic (exact) mass is 247 g/mol. The van der Waals surface area contributed by atoms with Crippen molar-refractivity contribution in [3.8, 4) is 0 Å². The van der Waals surface area contributed by atoms with Crippen molar-refractivity contribution in [2.75, 3.05) is 25.6 Å². The van der Waals surface area contributed by atoms with E-state index in [1.54, 1.807) is 7.11 Å². The third-order valence-corrected chi connectivity index (χ3v) is 4.03. The lowest BCUT2D eigenvalue weighted by molar-refractivity contribution is 0.202. The molecule has 1 unspecified atom stereocenters. The summed E-state index contributed by atoms with van der Waals surface area (Å²) in [6.45, 7) is 8.87. The van der Waals surface area contributed by atoms with Crippen LogP contribution in [-0.4, -0.2) is 20.3 Å². The number of rotatable bonds is 3. The van der Waals surface area contributed by atoms with Crippen LogP contribution in [0.3, 0.4) is 0 Å². The third kappa shape index (κ3) is 2.86. The highest BCUT2D eigenvalue weighted by atomic mass is 16.5. The fourth-order valence-corrected chi connectivity index (χ4v) is 2.65. The molecule has 0 amide bonds. The van der Waals surface area contributed by atoms with Crippen LogP contribution >= 0.6 is 0 Å². The molecule has 1 aliphatic heterocycles. The number of methoxy groups -OCH3 is 1. The Morgan fingerprint density at radius 2 is 2.11 bits per heavy atom. The maximum atomic E-state index is 5.18. The zero-order chi connectivity index (χ0) is 13.2. The number of benzene rings is 1. The van der Waals surface area contributed by atoms with Gasteiger partial charge in [0.15, 0.2) is 0 Å². The van der Waals surface area contributed by atoms with Gasteiger partial charge in [0.1, 0.15) is 0 Å². The molecule has 18 heavy (non-hydrogen) atoms. The van der Waals surface area contributed by atoms with Gasteiger partial charge in [-0.15, -0.1) is 0 Å². The quantitative estimate of drug-likeness (QED) is 0.882. The molecule has 2 rings (SSSR count). The third-order valence-electron chi connectivity index (χ3n) is 4.03. The van der Waals surface area contributed by atoms with Gasteiger partial charge in [-0.1, -0.05) is 39.0 Å². The summed E-state index contributed by atoms with van der Waals surface area (Å²) in [5, 5.41) is 3.64. The van der Waals surface area contributed by atoms with Gasteiger partial charge in [0.2, 0.25) is 0 Å². The molecule has 1 aromatic carbocycles. The number of anilines is 1. The van der Waals surface area contributed by atoms with Crippen molar-refractivity contribution in [3.63, 3.8) is 0 Å². The molecular weight excluding hydrogens is 222 g/mol. The lowest BCUT2D eigenvalue weighted by Gasteiger charge is -2.36. The zero-order valence-corrected chi connectivity index (χ0v) is 12.0. The first-order valence-corrected chi connectivity index (χ1v) is 6.86. The molecular formula is C16H25NO. The van der Waals surface area contributed by atoms with Gasteiger partial charge < -0.3 is 10.1 Å². The number of ether oxygens (including phenoxy) is 1. The second kappa shape index (κ2) is 5.31. The highest BCUT2D eigenvalue weighted by Gasteiger charge is 2.29. The fraction of sp³-hybridized carbons (Fsp3) is 0.625. The van der Waals surface area contributed by atoms with Crippen molar-refractivity contribution in [2.24, 2.45) is 11.3 Å². The molecule has 0 radical (unpaired) electrons. The first kappa shape index (κ1) is 13.4. The topological polar surface area (TPSA) is 21.3 Å². The van der Waals surface area contributed by atoms with Crippen LogP contribution in [0.4, 0.5) is 5.69 Å². The van der Waals surface area contributed by atoms with E-state index in [0.717, 1.165) is 19.6 Å². The van der Waals surface area contributed by atoms with Crippen molar-refractivity contribution in [1.29, 1.82) is 0 Å². The van der Waals surface area contributed by atoms with Gasteiger partial charge in [0.25, 0.3) is 0 Å². The van der Waals surface area contributed by atoms with Crippen LogP contribution in [0.2, 0.25) is 0 Å². The number of hydrogen-bond donors (Lipinski definition) is 1. The van der Waals surface area contributed by atoms with Crippen LogP contribution in [0.1, 0.15) is 31.9 Å². The van der Waals surface area contributed by atoms with Crippen LogP contribution in [-0.2, 0) is 17.6 Å². The maximum Gasteiger partial charge on any atom is 0.0503 e. The maximum absolute atomic E-state index is 5.18. The molecule has 0 aromatic heterocycles. The van der Waals surface area contributed by atoms with E-state index in [1.807, 2.05) is 0 Å². The Kier molecular flexibility index (Phi) is 3.96. The van der Waals surface area contributed by atoms with Crippen molar-refractivity contribution < 1.29 is 4.74 Å². The van der Waals surface area contributed by atoms with Gasteiger partial charge >= 0.3 is 0 Å². The molecule has 0 spiro atoms. The van der Waals surface area contributed by atoms with Crippen LogP contribution < -0.4 is 5.32 Å². The van der Waals surface area contributed by atoms with E-state index < -0.39 is 0 Å². The number of nitrogens with one attached hydrogen (secondary N) is 1. The van der Waals surface area contributed by atoms with Crippen molar-refractivity contribution in [1.82, 2.24) is 0 Å². The summed E-state index contributed by atoms with van der Waals surface area (Å²) >= 11 is 0. The summed E-state index contributed by atoms with van der Waals surface area (Å²) in [6.07, 6.45) is 2.18. The molecule has 0 fully saturated rings. The molecule has 1 N–H and O–H groups in total. The Bertz CT molecular complexity index is 406. The minimum absolute atomic E-state index is 0.368. The Morgan fingerprint density at radius 1 is 1.33 bits per heavy atom. The average Bonchev–Trinajstić information content (AvgIpc) is 2.34. The molecule has 1 heterocycles. The zero-order valence-electron chi connectivity index (χ0n) is 12.0. The van der Waals surface area contributed by atoms with Crippen LogP contribution in [0.25, 0.3) is 0 Å². The Hall–Kier alpha value is -1.02. The van der Waals surface area contributed by atoms with E-state index in [4.69, 9.17) is 4.74 Å². The van der Waals surface area contributed by atoms with E-state index >= 15 is 0 Å². The first-order chi connectivity index (χ1) is 8.52. The van der Waals surface area contributed by atoms with Crippen molar-refractivity contribution >= 4 is 5.69 Å². The van der Waals surface area contributed by atoms with E-state index in [1.165, 1.54) is 23.2 Å². The minimum atomic E-state index is 0.368. The average molecular weight is 247 g/mol. The summed E-state index contributed by atoms with van der Waals surface area (Å²) in [7, 11) is 1.76. The normalized spacial score (nSPS) is 19.2. The van der Waals surface area contributed by atoms with Gasteiger partial charge in [-0.3, -0.25) is 0 Å².